The fraction of sp³-hybridized carbons (Fsp3) is 0.833. The van der Waals surface area contributed by atoms with Gasteiger partial charge in [0.15, 0.2) is 5.66 Å². The standard InChI is InChI=1S/C6H13N3O/c1-9(2)6(5(7)10)3-4-8-6/h8H,3-4H2,1-2H3,(H2,7,10). The van der Waals surface area contributed by atoms with Gasteiger partial charge in [-0.15, -0.1) is 0 Å². The van der Waals surface area contributed by atoms with Gasteiger partial charge in [-0.3, -0.25) is 15.0 Å². The third kappa shape index (κ3) is 0.803. The summed E-state index contributed by atoms with van der Waals surface area (Å²) in [4.78, 5) is 12.7. The maximum absolute atomic E-state index is 10.9. The summed E-state index contributed by atoms with van der Waals surface area (Å²) in [6, 6.07) is 0. The second kappa shape index (κ2) is 2.21. The fourth-order valence-corrected chi connectivity index (χ4v) is 1.17. The minimum Gasteiger partial charge on any atom is -0.367 e. The van der Waals surface area contributed by atoms with Crippen molar-refractivity contribution >= 4 is 5.91 Å². The number of carbonyl (C=O) groups excluding carboxylic acids is 1. The molecule has 1 aliphatic heterocycles. The Hall–Kier alpha value is -0.610. The van der Waals surface area contributed by atoms with Crippen LogP contribution in [0, 0.1) is 0 Å². The molecule has 1 atom stereocenters. The Morgan fingerprint density at radius 2 is 2.20 bits per heavy atom. The highest BCUT2D eigenvalue weighted by Crippen LogP contribution is 2.19. The number of nitrogens with one attached hydrogen (secondary N) is 1. The average molecular weight is 143 g/mol. The molecule has 1 heterocycles. The summed E-state index contributed by atoms with van der Waals surface area (Å²) in [6.07, 6.45) is 0.815. The average Bonchev–Trinajstić information content (AvgIpc) is 1.57. The first-order valence-electron chi connectivity index (χ1n) is 3.32. The summed E-state index contributed by atoms with van der Waals surface area (Å²) in [5.74, 6) is -0.288. The van der Waals surface area contributed by atoms with Crippen LogP contribution in [0.5, 0.6) is 0 Å². The lowest BCUT2D eigenvalue weighted by Gasteiger charge is -2.45. The van der Waals surface area contributed by atoms with Crippen molar-refractivity contribution in [2.24, 2.45) is 5.73 Å². The van der Waals surface area contributed by atoms with Crippen molar-refractivity contribution in [3.05, 3.63) is 0 Å². The lowest BCUT2D eigenvalue weighted by molar-refractivity contribution is -0.136. The van der Waals surface area contributed by atoms with Gasteiger partial charge in [-0.05, 0) is 14.1 Å². The Balaban J connectivity index is 2.68. The third-order valence-corrected chi connectivity index (χ3v) is 2.08. The fourth-order valence-electron chi connectivity index (χ4n) is 1.17. The minimum atomic E-state index is -0.556. The van der Waals surface area contributed by atoms with Crippen LogP contribution in [0.1, 0.15) is 6.42 Å². The molecular weight excluding hydrogens is 130 g/mol. The molecule has 3 N–H and O–H groups in total. The van der Waals surface area contributed by atoms with E-state index in [1.807, 2.05) is 19.0 Å². The van der Waals surface area contributed by atoms with Gasteiger partial charge in [0.2, 0.25) is 0 Å². The number of hydrogen-bond acceptors (Lipinski definition) is 3. The molecule has 58 valence electrons. The van der Waals surface area contributed by atoms with Crippen LogP contribution in [0.3, 0.4) is 0 Å². The Morgan fingerprint density at radius 3 is 2.20 bits per heavy atom. The first-order chi connectivity index (χ1) is 4.59. The number of hydrogen-bond donors (Lipinski definition) is 2. The van der Waals surface area contributed by atoms with Crippen LogP contribution in [0.15, 0.2) is 0 Å². The van der Waals surface area contributed by atoms with Gasteiger partial charge >= 0.3 is 0 Å². The first-order valence-corrected chi connectivity index (χ1v) is 3.32. The molecule has 1 rings (SSSR count). The molecule has 0 radical (unpaired) electrons. The lowest BCUT2D eigenvalue weighted by atomic mass is 9.96. The quantitative estimate of drug-likeness (QED) is 0.506. The minimum absolute atomic E-state index is 0.288. The molecular formula is C6H13N3O. The van der Waals surface area contributed by atoms with E-state index in [0.717, 1.165) is 13.0 Å². The van der Waals surface area contributed by atoms with E-state index in [2.05, 4.69) is 5.32 Å². The Morgan fingerprint density at radius 1 is 1.70 bits per heavy atom. The smallest absolute Gasteiger partial charge is 0.252 e. The second-order valence-electron chi connectivity index (χ2n) is 2.80. The van der Waals surface area contributed by atoms with Crippen LogP contribution >= 0.6 is 0 Å². The molecule has 0 aromatic heterocycles. The number of nitrogens with zero attached hydrogens (tertiary/aromatic N) is 1. The number of rotatable bonds is 2. The van der Waals surface area contributed by atoms with Gasteiger partial charge in [0.1, 0.15) is 0 Å². The van der Waals surface area contributed by atoms with E-state index in [1.54, 1.807) is 0 Å². The van der Waals surface area contributed by atoms with E-state index >= 15 is 0 Å². The maximum atomic E-state index is 10.9. The molecule has 0 spiro atoms. The molecule has 0 saturated carbocycles. The van der Waals surface area contributed by atoms with E-state index < -0.39 is 5.66 Å². The van der Waals surface area contributed by atoms with Gasteiger partial charge in [0.05, 0.1) is 0 Å². The topological polar surface area (TPSA) is 58.4 Å². The molecule has 4 heteroatoms. The largest absolute Gasteiger partial charge is 0.367 e. The summed E-state index contributed by atoms with van der Waals surface area (Å²) in [6.45, 7) is 0.876. The van der Waals surface area contributed by atoms with Crippen LogP contribution in [-0.4, -0.2) is 37.1 Å². The van der Waals surface area contributed by atoms with Crippen molar-refractivity contribution in [1.29, 1.82) is 0 Å². The summed E-state index contributed by atoms with van der Waals surface area (Å²) < 4.78 is 0. The highest BCUT2D eigenvalue weighted by Gasteiger charge is 2.44. The third-order valence-electron chi connectivity index (χ3n) is 2.08. The van der Waals surface area contributed by atoms with Gasteiger partial charge in [-0.1, -0.05) is 0 Å². The summed E-state index contributed by atoms with van der Waals surface area (Å²) in [5, 5.41) is 3.01. The molecule has 1 fully saturated rings. The normalized spacial score (nSPS) is 31.9. The summed E-state index contributed by atoms with van der Waals surface area (Å²) >= 11 is 0. The monoisotopic (exact) mass is 143 g/mol. The molecule has 0 bridgehead atoms. The predicted octanol–water partition coefficient (Wildman–Crippen LogP) is -1.28. The van der Waals surface area contributed by atoms with Crippen molar-refractivity contribution < 1.29 is 4.79 Å². The van der Waals surface area contributed by atoms with Gasteiger partial charge < -0.3 is 5.73 Å². The zero-order chi connectivity index (χ0) is 7.78. The van der Waals surface area contributed by atoms with Crippen LogP contribution in [0.25, 0.3) is 0 Å². The molecule has 4 nitrogen and oxygen atoms in total. The number of likely N-dealkylation sites (N-methyl/N-ethyl adjacent to an activating group) is 1. The molecule has 0 aromatic carbocycles. The molecule has 1 aliphatic rings. The van der Waals surface area contributed by atoms with E-state index in [0.29, 0.717) is 0 Å². The van der Waals surface area contributed by atoms with Crippen LogP contribution < -0.4 is 11.1 Å². The predicted molar refractivity (Wildman–Crippen MR) is 38.2 cm³/mol. The highest BCUT2D eigenvalue weighted by atomic mass is 16.2. The van der Waals surface area contributed by atoms with Gasteiger partial charge in [-0.25, -0.2) is 0 Å². The number of primary amides is 1. The zero-order valence-electron chi connectivity index (χ0n) is 6.35. The number of amides is 1. The molecule has 1 amide bonds. The van der Waals surface area contributed by atoms with Crippen molar-refractivity contribution in [2.75, 3.05) is 20.6 Å². The van der Waals surface area contributed by atoms with E-state index in [1.165, 1.54) is 0 Å². The number of carbonyl (C=O) groups is 1. The van der Waals surface area contributed by atoms with Crippen molar-refractivity contribution in [3.63, 3.8) is 0 Å². The van der Waals surface area contributed by atoms with Gasteiger partial charge in [0.25, 0.3) is 5.91 Å². The van der Waals surface area contributed by atoms with Crippen molar-refractivity contribution in [3.8, 4) is 0 Å². The second-order valence-corrected chi connectivity index (χ2v) is 2.80. The van der Waals surface area contributed by atoms with Crippen LogP contribution in [-0.2, 0) is 4.79 Å². The summed E-state index contributed by atoms with van der Waals surface area (Å²) in [7, 11) is 3.69. The lowest BCUT2D eigenvalue weighted by Crippen LogP contribution is -2.71. The van der Waals surface area contributed by atoms with E-state index in [9.17, 15) is 4.79 Å². The van der Waals surface area contributed by atoms with Crippen molar-refractivity contribution in [1.82, 2.24) is 10.2 Å². The van der Waals surface area contributed by atoms with Crippen LogP contribution in [0.4, 0.5) is 0 Å². The maximum Gasteiger partial charge on any atom is 0.252 e. The zero-order valence-corrected chi connectivity index (χ0v) is 6.35. The molecule has 1 unspecified atom stereocenters. The Labute approximate surface area is 60.4 Å². The van der Waals surface area contributed by atoms with E-state index in [4.69, 9.17) is 5.73 Å². The van der Waals surface area contributed by atoms with Gasteiger partial charge in [-0.2, -0.15) is 0 Å². The first kappa shape index (κ1) is 7.50. The SMILES string of the molecule is CN(C)C1(C(N)=O)CCN1. The summed E-state index contributed by atoms with van der Waals surface area (Å²) in [5.41, 5.74) is 4.64. The Kier molecular flexibility index (Phi) is 1.66. The molecule has 10 heavy (non-hydrogen) atoms. The van der Waals surface area contributed by atoms with Crippen LogP contribution in [0.2, 0.25) is 0 Å². The molecule has 0 aliphatic carbocycles. The molecule has 1 saturated heterocycles. The van der Waals surface area contributed by atoms with E-state index in [-0.39, 0.29) is 5.91 Å². The number of nitrogens with two attached hydrogens (primary N) is 1. The van der Waals surface area contributed by atoms with Crippen molar-refractivity contribution in [2.45, 2.75) is 12.1 Å². The molecule has 0 aromatic rings. The highest BCUT2D eigenvalue weighted by molar-refractivity contribution is 5.85. The Bertz CT molecular complexity index is 151. The van der Waals surface area contributed by atoms with Gasteiger partial charge in [0, 0.05) is 13.0 Å².